The minimum atomic E-state index is -1.73. The van der Waals surface area contributed by atoms with Gasteiger partial charge >= 0.3 is 23.8 Å². The number of rotatable bonds is 3. The summed E-state index contributed by atoms with van der Waals surface area (Å²) in [7, 11) is 1.28. The number of carbonyl (C=O) groups is 4. The molecule has 0 spiro atoms. The van der Waals surface area contributed by atoms with Gasteiger partial charge in [0.05, 0.1) is 7.11 Å². The molecule has 0 aromatic carbocycles. The fourth-order valence-corrected chi connectivity index (χ4v) is 1.09. The first-order valence-corrected chi connectivity index (χ1v) is 4.98. The largest absolute Gasteiger partial charge is 0.496 e. The SMILES string of the molecule is COc1cc(NC(=O)C(=O)O)nc(NC(=O)C(=O)O)c1. The highest BCUT2D eigenvalue weighted by Gasteiger charge is 2.16. The molecule has 0 aliphatic carbocycles. The molecule has 1 aromatic heterocycles. The van der Waals surface area contributed by atoms with E-state index in [9.17, 15) is 19.2 Å². The average Bonchev–Trinajstić information content (AvgIpc) is 2.37. The molecular formula is C10H9N3O7. The van der Waals surface area contributed by atoms with Crippen LogP contribution in [0.4, 0.5) is 11.6 Å². The van der Waals surface area contributed by atoms with Crippen molar-refractivity contribution in [3.05, 3.63) is 12.1 Å². The van der Waals surface area contributed by atoms with Gasteiger partial charge in [-0.15, -0.1) is 0 Å². The minimum Gasteiger partial charge on any atom is -0.496 e. The van der Waals surface area contributed by atoms with E-state index >= 15 is 0 Å². The summed E-state index contributed by atoms with van der Waals surface area (Å²) in [5.41, 5.74) is 0. The van der Waals surface area contributed by atoms with Crippen LogP contribution in [-0.4, -0.2) is 46.1 Å². The molecule has 2 amide bonds. The Labute approximate surface area is 111 Å². The Morgan fingerprint density at radius 3 is 1.70 bits per heavy atom. The number of carbonyl (C=O) groups excluding carboxylic acids is 2. The lowest BCUT2D eigenvalue weighted by atomic mass is 10.4. The second-order valence-corrected chi connectivity index (χ2v) is 3.30. The number of methoxy groups -OCH3 is 1. The highest BCUT2D eigenvalue weighted by atomic mass is 16.5. The third kappa shape index (κ3) is 3.94. The molecule has 106 valence electrons. The first-order valence-electron chi connectivity index (χ1n) is 4.98. The Bertz CT molecular complexity index is 538. The number of hydrogen-bond donors (Lipinski definition) is 4. The molecule has 10 heteroatoms. The Morgan fingerprint density at radius 2 is 1.40 bits per heavy atom. The monoisotopic (exact) mass is 283 g/mol. The van der Waals surface area contributed by atoms with Gasteiger partial charge in [0.15, 0.2) is 0 Å². The van der Waals surface area contributed by atoms with E-state index in [-0.39, 0.29) is 17.4 Å². The lowest BCUT2D eigenvalue weighted by Gasteiger charge is -2.08. The van der Waals surface area contributed by atoms with E-state index in [4.69, 9.17) is 14.9 Å². The maximum atomic E-state index is 11.0. The van der Waals surface area contributed by atoms with Crippen LogP contribution in [0.3, 0.4) is 0 Å². The van der Waals surface area contributed by atoms with E-state index in [0.717, 1.165) is 0 Å². The second-order valence-electron chi connectivity index (χ2n) is 3.30. The third-order valence-corrected chi connectivity index (χ3v) is 1.91. The molecule has 10 nitrogen and oxygen atoms in total. The van der Waals surface area contributed by atoms with E-state index in [0.29, 0.717) is 0 Å². The summed E-state index contributed by atoms with van der Waals surface area (Å²) >= 11 is 0. The molecule has 0 aliphatic heterocycles. The molecule has 1 heterocycles. The van der Waals surface area contributed by atoms with Crippen molar-refractivity contribution in [3.8, 4) is 5.75 Å². The number of anilines is 2. The topological polar surface area (TPSA) is 155 Å². The zero-order valence-electron chi connectivity index (χ0n) is 10.0. The quantitative estimate of drug-likeness (QED) is 0.522. The van der Waals surface area contributed by atoms with E-state index < -0.39 is 23.8 Å². The summed E-state index contributed by atoms with van der Waals surface area (Å²) in [6.45, 7) is 0. The Balaban J connectivity index is 3.02. The fourth-order valence-electron chi connectivity index (χ4n) is 1.09. The number of pyridine rings is 1. The normalized spacial score (nSPS) is 9.45. The Kier molecular flexibility index (Phi) is 4.56. The van der Waals surface area contributed by atoms with Gasteiger partial charge in [-0.2, -0.15) is 0 Å². The zero-order chi connectivity index (χ0) is 15.3. The van der Waals surface area contributed by atoms with Crippen LogP contribution in [-0.2, 0) is 19.2 Å². The molecule has 0 fully saturated rings. The number of carboxylic acid groups (broad SMARTS) is 2. The van der Waals surface area contributed by atoms with Gasteiger partial charge in [-0.05, 0) is 0 Å². The van der Waals surface area contributed by atoms with E-state index in [1.165, 1.54) is 19.2 Å². The number of carboxylic acids is 2. The van der Waals surface area contributed by atoms with Crippen LogP contribution >= 0.6 is 0 Å². The van der Waals surface area contributed by atoms with Crippen LogP contribution in [0.1, 0.15) is 0 Å². The van der Waals surface area contributed by atoms with Crippen molar-refractivity contribution in [2.75, 3.05) is 17.7 Å². The highest BCUT2D eigenvalue weighted by molar-refractivity contribution is 6.37. The fraction of sp³-hybridized carbons (Fsp3) is 0.100. The number of aromatic nitrogens is 1. The summed E-state index contributed by atoms with van der Waals surface area (Å²) in [5.74, 6) is -6.48. The molecule has 0 atom stereocenters. The van der Waals surface area contributed by atoms with E-state index in [1.807, 2.05) is 10.6 Å². The van der Waals surface area contributed by atoms with Crippen molar-refractivity contribution in [1.29, 1.82) is 0 Å². The number of ether oxygens (including phenoxy) is 1. The van der Waals surface area contributed by atoms with Crippen LogP contribution < -0.4 is 15.4 Å². The molecule has 0 radical (unpaired) electrons. The van der Waals surface area contributed by atoms with Crippen LogP contribution in [0.2, 0.25) is 0 Å². The van der Waals surface area contributed by atoms with Gasteiger partial charge < -0.3 is 25.6 Å². The first-order chi connectivity index (χ1) is 9.33. The van der Waals surface area contributed by atoms with Gasteiger partial charge in [-0.3, -0.25) is 9.59 Å². The van der Waals surface area contributed by atoms with Crippen molar-refractivity contribution >= 4 is 35.4 Å². The number of hydrogen-bond acceptors (Lipinski definition) is 6. The molecular weight excluding hydrogens is 274 g/mol. The molecule has 1 rings (SSSR count). The van der Waals surface area contributed by atoms with Crippen molar-refractivity contribution in [1.82, 2.24) is 4.98 Å². The van der Waals surface area contributed by atoms with Crippen LogP contribution in [0.25, 0.3) is 0 Å². The molecule has 4 N–H and O–H groups in total. The lowest BCUT2D eigenvalue weighted by Crippen LogP contribution is -2.24. The predicted molar refractivity (Wildman–Crippen MR) is 63.3 cm³/mol. The first kappa shape index (κ1) is 14.9. The van der Waals surface area contributed by atoms with Gasteiger partial charge in [0.2, 0.25) is 0 Å². The summed E-state index contributed by atoms with van der Waals surface area (Å²) in [6.07, 6.45) is 0. The van der Waals surface area contributed by atoms with Crippen molar-refractivity contribution < 1.29 is 34.1 Å². The van der Waals surface area contributed by atoms with Gasteiger partial charge in [0.25, 0.3) is 0 Å². The Hall–Kier alpha value is -3.17. The van der Waals surface area contributed by atoms with E-state index in [1.54, 1.807) is 0 Å². The van der Waals surface area contributed by atoms with Gasteiger partial charge in [-0.25, -0.2) is 14.6 Å². The molecule has 0 aliphatic rings. The van der Waals surface area contributed by atoms with Crippen molar-refractivity contribution in [3.63, 3.8) is 0 Å². The van der Waals surface area contributed by atoms with Crippen molar-refractivity contribution in [2.24, 2.45) is 0 Å². The lowest BCUT2D eigenvalue weighted by molar-refractivity contribution is -0.147. The van der Waals surface area contributed by atoms with Gasteiger partial charge in [0.1, 0.15) is 17.4 Å². The number of nitrogens with zero attached hydrogens (tertiary/aromatic N) is 1. The number of amides is 2. The second kappa shape index (κ2) is 6.13. The number of aliphatic carboxylic acids is 2. The Morgan fingerprint density at radius 1 is 1.00 bits per heavy atom. The smallest absolute Gasteiger partial charge is 0.394 e. The van der Waals surface area contributed by atoms with Gasteiger partial charge in [-0.1, -0.05) is 0 Å². The predicted octanol–water partition coefficient (Wildman–Crippen LogP) is -0.864. The average molecular weight is 283 g/mol. The van der Waals surface area contributed by atoms with Crippen LogP contribution in [0.5, 0.6) is 5.75 Å². The molecule has 1 aromatic rings. The standard InChI is InChI=1S/C10H9N3O7/c1-20-4-2-5(12-7(14)9(16)17)11-6(3-4)13-8(15)10(18)19/h2-3H,1H3,(H,16,17)(H,18,19)(H2,11,12,13,14,15). The highest BCUT2D eigenvalue weighted by Crippen LogP contribution is 2.20. The summed E-state index contributed by atoms with van der Waals surface area (Å²) in [6, 6.07) is 2.38. The summed E-state index contributed by atoms with van der Waals surface area (Å²) < 4.78 is 4.84. The van der Waals surface area contributed by atoms with Gasteiger partial charge in [0, 0.05) is 12.1 Å². The number of nitrogens with one attached hydrogen (secondary N) is 2. The summed E-state index contributed by atoms with van der Waals surface area (Å²) in [5, 5.41) is 20.7. The molecule has 0 saturated carbocycles. The zero-order valence-corrected chi connectivity index (χ0v) is 10.0. The molecule has 0 saturated heterocycles. The minimum absolute atomic E-state index is 0.126. The third-order valence-electron chi connectivity index (χ3n) is 1.91. The molecule has 0 bridgehead atoms. The summed E-state index contributed by atoms with van der Waals surface area (Å²) in [4.78, 5) is 46.4. The molecule has 0 unspecified atom stereocenters. The van der Waals surface area contributed by atoms with E-state index in [2.05, 4.69) is 4.98 Å². The maximum absolute atomic E-state index is 11.0. The molecule has 20 heavy (non-hydrogen) atoms. The van der Waals surface area contributed by atoms with Crippen molar-refractivity contribution in [2.45, 2.75) is 0 Å². The van der Waals surface area contributed by atoms with Crippen LogP contribution in [0.15, 0.2) is 12.1 Å². The maximum Gasteiger partial charge on any atom is 0.394 e. The van der Waals surface area contributed by atoms with Crippen LogP contribution in [0, 0.1) is 0 Å².